The second kappa shape index (κ2) is 8.03. The molecule has 1 heterocycles. The number of amides is 1. The second-order valence-corrected chi connectivity index (χ2v) is 6.06. The zero-order valence-electron chi connectivity index (χ0n) is 14.5. The number of carboxylic acid groups (broad SMARTS) is 1. The number of carbonyl (C=O) groups excluding carboxylic acids is 1. The quantitative estimate of drug-likeness (QED) is 0.384. The molecule has 0 spiro atoms. The van der Waals surface area contributed by atoms with Gasteiger partial charge in [-0.25, -0.2) is 9.78 Å². The Bertz CT molecular complexity index is 1040. The number of hydrogen-bond acceptors (Lipinski definition) is 7. The summed E-state index contributed by atoms with van der Waals surface area (Å²) in [4.78, 5) is 31.9. The number of aromatic hydroxyl groups is 1. The highest BCUT2D eigenvalue weighted by Crippen LogP contribution is 2.24. The number of aromatic carboxylic acids is 1. The van der Waals surface area contributed by atoms with E-state index in [1.54, 1.807) is 24.3 Å². The molecule has 3 aromatic rings. The number of nitrogens with one attached hydrogen (secondary N) is 1. The molecule has 0 fully saturated rings. The van der Waals surface area contributed by atoms with Gasteiger partial charge in [0.15, 0.2) is 0 Å². The summed E-state index contributed by atoms with van der Waals surface area (Å²) < 4.78 is 0. The maximum atomic E-state index is 12.5. The van der Waals surface area contributed by atoms with Crippen LogP contribution >= 0.6 is 0 Å². The molecule has 0 aliphatic carbocycles. The topological polar surface area (TPSA) is 153 Å². The van der Waals surface area contributed by atoms with Crippen LogP contribution < -0.4 is 5.32 Å². The third-order valence-corrected chi connectivity index (χ3v) is 4.15. The van der Waals surface area contributed by atoms with Gasteiger partial charge in [0.05, 0.1) is 23.2 Å². The third-order valence-electron chi connectivity index (χ3n) is 4.15. The lowest BCUT2D eigenvalue weighted by Gasteiger charge is -2.18. The highest BCUT2D eigenvalue weighted by molar-refractivity contribution is 6.43. The van der Waals surface area contributed by atoms with Crippen LogP contribution in [-0.2, 0) is 6.42 Å². The molecule has 0 saturated heterocycles. The fourth-order valence-corrected chi connectivity index (χ4v) is 2.71. The van der Waals surface area contributed by atoms with Crippen LogP contribution in [0.25, 0.3) is 11.0 Å². The lowest BCUT2D eigenvalue weighted by atomic mass is 9.75. The SMILES string of the molecule is O=C(NC(Cc1cccc(C(=O)O)c1O)B(O)O)c1cnc2ccccc2n1. The Morgan fingerprint density at radius 2 is 1.79 bits per heavy atom. The molecule has 1 atom stereocenters. The Morgan fingerprint density at radius 1 is 1.07 bits per heavy atom. The molecule has 9 nitrogen and oxygen atoms in total. The van der Waals surface area contributed by atoms with Crippen molar-refractivity contribution in [3.63, 3.8) is 0 Å². The van der Waals surface area contributed by atoms with Gasteiger partial charge >= 0.3 is 13.1 Å². The minimum Gasteiger partial charge on any atom is -0.507 e. The van der Waals surface area contributed by atoms with Crippen molar-refractivity contribution in [2.45, 2.75) is 12.4 Å². The summed E-state index contributed by atoms with van der Waals surface area (Å²) in [6.45, 7) is 0. The van der Waals surface area contributed by atoms with E-state index in [-0.39, 0.29) is 23.2 Å². The number of fused-ring (bicyclic) bond motifs is 1. The first-order chi connectivity index (χ1) is 13.4. The second-order valence-electron chi connectivity index (χ2n) is 6.06. The summed E-state index contributed by atoms with van der Waals surface area (Å²) >= 11 is 0. The highest BCUT2D eigenvalue weighted by Gasteiger charge is 2.28. The van der Waals surface area contributed by atoms with E-state index in [2.05, 4.69) is 15.3 Å². The average molecular weight is 381 g/mol. The Morgan fingerprint density at radius 3 is 2.46 bits per heavy atom. The number of rotatable bonds is 6. The number of para-hydroxylation sites is 3. The number of nitrogens with zero attached hydrogens (tertiary/aromatic N) is 2. The van der Waals surface area contributed by atoms with Crippen LogP contribution in [0.2, 0.25) is 0 Å². The first kappa shape index (κ1) is 19.3. The van der Waals surface area contributed by atoms with Crippen molar-refractivity contribution in [2.75, 3.05) is 0 Å². The van der Waals surface area contributed by atoms with Gasteiger partial charge in [0, 0.05) is 0 Å². The van der Waals surface area contributed by atoms with Gasteiger partial charge < -0.3 is 25.6 Å². The molecule has 0 aliphatic rings. The van der Waals surface area contributed by atoms with E-state index >= 15 is 0 Å². The van der Waals surface area contributed by atoms with Crippen molar-refractivity contribution in [3.05, 3.63) is 65.5 Å². The fraction of sp³-hybridized carbons (Fsp3) is 0.111. The van der Waals surface area contributed by atoms with E-state index in [0.29, 0.717) is 11.0 Å². The van der Waals surface area contributed by atoms with E-state index < -0.39 is 30.7 Å². The van der Waals surface area contributed by atoms with E-state index in [1.807, 2.05) is 0 Å². The number of carboxylic acids is 1. The van der Waals surface area contributed by atoms with E-state index in [0.717, 1.165) is 0 Å². The van der Waals surface area contributed by atoms with Crippen LogP contribution in [-0.4, -0.2) is 55.2 Å². The molecular weight excluding hydrogens is 365 g/mol. The van der Waals surface area contributed by atoms with Crippen LogP contribution in [0, 0.1) is 0 Å². The van der Waals surface area contributed by atoms with E-state index in [1.165, 1.54) is 24.4 Å². The van der Waals surface area contributed by atoms with Gasteiger partial charge in [0.25, 0.3) is 5.91 Å². The summed E-state index contributed by atoms with van der Waals surface area (Å²) in [7, 11) is -1.95. The first-order valence-corrected chi connectivity index (χ1v) is 8.29. The van der Waals surface area contributed by atoms with Gasteiger partial charge in [-0.2, -0.15) is 0 Å². The zero-order chi connectivity index (χ0) is 20.3. The molecule has 1 amide bonds. The lowest BCUT2D eigenvalue weighted by Crippen LogP contribution is -2.48. The molecule has 10 heteroatoms. The fourth-order valence-electron chi connectivity index (χ4n) is 2.71. The average Bonchev–Trinajstić information content (AvgIpc) is 2.68. The summed E-state index contributed by atoms with van der Waals surface area (Å²) in [5.74, 6) is -3.72. The molecule has 142 valence electrons. The molecule has 0 bridgehead atoms. The Labute approximate surface area is 159 Å². The summed E-state index contributed by atoms with van der Waals surface area (Å²) in [6, 6.07) is 11.0. The molecule has 0 aliphatic heterocycles. The molecule has 0 radical (unpaired) electrons. The van der Waals surface area contributed by atoms with Gasteiger partial charge in [-0.15, -0.1) is 0 Å². The van der Waals surface area contributed by atoms with Crippen LogP contribution in [0.4, 0.5) is 0 Å². The molecule has 5 N–H and O–H groups in total. The molecule has 28 heavy (non-hydrogen) atoms. The van der Waals surface area contributed by atoms with Gasteiger partial charge in [0.2, 0.25) is 0 Å². The zero-order valence-corrected chi connectivity index (χ0v) is 14.5. The van der Waals surface area contributed by atoms with Gasteiger partial charge in [0.1, 0.15) is 17.0 Å². The number of hydrogen-bond donors (Lipinski definition) is 5. The lowest BCUT2D eigenvalue weighted by molar-refractivity contribution is 0.0693. The predicted octanol–water partition coefficient (Wildman–Crippen LogP) is 0.387. The largest absolute Gasteiger partial charge is 0.507 e. The Hall–Kier alpha value is -3.50. The minimum absolute atomic E-state index is 0.0205. The van der Waals surface area contributed by atoms with Crippen molar-refractivity contribution >= 4 is 30.0 Å². The molecule has 0 saturated carbocycles. The molecular formula is C18H16BN3O6. The normalized spacial score (nSPS) is 11.8. The summed E-state index contributed by atoms with van der Waals surface area (Å²) in [5, 5.41) is 40.8. The highest BCUT2D eigenvalue weighted by atomic mass is 16.4. The van der Waals surface area contributed by atoms with Crippen LogP contribution in [0.1, 0.15) is 26.4 Å². The van der Waals surface area contributed by atoms with Gasteiger partial charge in [-0.1, -0.05) is 24.3 Å². The molecule has 1 unspecified atom stereocenters. The monoisotopic (exact) mass is 381 g/mol. The van der Waals surface area contributed by atoms with Crippen molar-refractivity contribution < 1.29 is 29.9 Å². The maximum absolute atomic E-state index is 12.5. The summed E-state index contributed by atoms with van der Waals surface area (Å²) in [5.41, 5.74) is 0.905. The maximum Gasteiger partial charge on any atom is 0.475 e. The van der Waals surface area contributed by atoms with Crippen molar-refractivity contribution in [2.24, 2.45) is 0 Å². The van der Waals surface area contributed by atoms with Crippen LogP contribution in [0.3, 0.4) is 0 Å². The standard InChI is InChI=1S/C18H16BN3O6/c23-16-10(4-3-5-11(16)18(25)26)8-15(19(27)28)22-17(24)14-9-20-12-6-1-2-7-13(12)21-14/h1-7,9,15,23,27-28H,8H2,(H,22,24)(H,25,26). The number of benzene rings is 2. The molecule has 3 rings (SSSR count). The van der Waals surface area contributed by atoms with Crippen LogP contribution in [0.15, 0.2) is 48.7 Å². The van der Waals surface area contributed by atoms with Crippen molar-refractivity contribution in [3.8, 4) is 5.75 Å². The minimum atomic E-state index is -1.95. The number of carbonyl (C=O) groups is 2. The van der Waals surface area contributed by atoms with Gasteiger partial charge in [-0.3, -0.25) is 9.78 Å². The first-order valence-electron chi connectivity index (χ1n) is 8.29. The smallest absolute Gasteiger partial charge is 0.475 e. The summed E-state index contributed by atoms with van der Waals surface area (Å²) in [6.07, 6.45) is 1.05. The van der Waals surface area contributed by atoms with Crippen molar-refractivity contribution in [1.82, 2.24) is 15.3 Å². The predicted molar refractivity (Wildman–Crippen MR) is 99.8 cm³/mol. The van der Waals surface area contributed by atoms with Crippen molar-refractivity contribution in [1.29, 1.82) is 0 Å². The van der Waals surface area contributed by atoms with E-state index in [4.69, 9.17) is 5.11 Å². The molecule has 2 aromatic carbocycles. The number of phenols is 1. The molecule has 1 aromatic heterocycles. The number of aromatic nitrogens is 2. The Kier molecular flexibility index (Phi) is 5.53. The van der Waals surface area contributed by atoms with Crippen LogP contribution in [0.5, 0.6) is 5.75 Å². The van der Waals surface area contributed by atoms with E-state index in [9.17, 15) is 24.7 Å². The Balaban J connectivity index is 1.82. The van der Waals surface area contributed by atoms with Gasteiger partial charge in [-0.05, 0) is 30.2 Å². The third kappa shape index (κ3) is 4.08.